The van der Waals surface area contributed by atoms with Crippen LogP contribution in [0.5, 0.6) is 0 Å². The SMILES string of the molecule is CO[C@H]1C(=O)N(CCNC(=O)Cc2ccccc2)[C@H]1/C=C/c1ccccc1. The standard InChI is InChI=1S/C22H24N2O3/c1-27-21-19(13-12-17-8-4-2-5-9-17)24(22(21)26)15-14-23-20(25)16-18-10-6-3-7-11-18/h2-13,19,21H,14-16H2,1H3,(H,23,25)/b13-12+/t19-,21+/m0/s1. The number of ether oxygens (including phenoxy) is 1. The largest absolute Gasteiger partial charge is 0.369 e. The number of hydrogen-bond donors (Lipinski definition) is 1. The molecule has 2 atom stereocenters. The minimum atomic E-state index is -0.454. The molecule has 0 spiro atoms. The molecule has 0 saturated carbocycles. The van der Waals surface area contributed by atoms with E-state index < -0.39 is 6.10 Å². The Bertz CT molecular complexity index is 790. The second-order valence-electron chi connectivity index (χ2n) is 6.46. The van der Waals surface area contributed by atoms with Gasteiger partial charge in [-0.3, -0.25) is 9.59 Å². The van der Waals surface area contributed by atoms with Gasteiger partial charge in [0.05, 0.1) is 12.5 Å². The summed E-state index contributed by atoms with van der Waals surface area (Å²) in [4.78, 5) is 26.0. The van der Waals surface area contributed by atoms with Gasteiger partial charge in [-0.2, -0.15) is 0 Å². The smallest absolute Gasteiger partial charge is 0.254 e. The molecule has 140 valence electrons. The van der Waals surface area contributed by atoms with Crippen molar-refractivity contribution in [2.45, 2.75) is 18.6 Å². The summed E-state index contributed by atoms with van der Waals surface area (Å²) in [7, 11) is 1.55. The average molecular weight is 364 g/mol. The minimum Gasteiger partial charge on any atom is -0.369 e. The first kappa shape index (κ1) is 18.9. The Morgan fingerprint density at radius 2 is 1.78 bits per heavy atom. The first-order valence-electron chi connectivity index (χ1n) is 9.06. The van der Waals surface area contributed by atoms with Gasteiger partial charge in [-0.05, 0) is 11.1 Å². The van der Waals surface area contributed by atoms with E-state index in [4.69, 9.17) is 4.74 Å². The first-order valence-corrected chi connectivity index (χ1v) is 9.06. The first-order chi connectivity index (χ1) is 13.2. The molecule has 3 rings (SSSR count). The van der Waals surface area contributed by atoms with E-state index in [0.29, 0.717) is 19.5 Å². The Kier molecular flexibility index (Phi) is 6.39. The van der Waals surface area contributed by atoms with E-state index in [1.165, 1.54) is 0 Å². The molecule has 1 aliphatic heterocycles. The summed E-state index contributed by atoms with van der Waals surface area (Å²) in [5.74, 6) is -0.0913. The van der Waals surface area contributed by atoms with Crippen molar-refractivity contribution in [3.8, 4) is 0 Å². The summed E-state index contributed by atoms with van der Waals surface area (Å²) >= 11 is 0. The van der Waals surface area contributed by atoms with Crippen molar-refractivity contribution in [2.24, 2.45) is 0 Å². The molecule has 0 unspecified atom stereocenters. The minimum absolute atomic E-state index is 0.0440. The van der Waals surface area contributed by atoms with Crippen molar-refractivity contribution in [3.05, 3.63) is 77.9 Å². The highest BCUT2D eigenvalue weighted by Crippen LogP contribution is 2.24. The van der Waals surface area contributed by atoms with Gasteiger partial charge in [0.25, 0.3) is 5.91 Å². The van der Waals surface area contributed by atoms with Crippen molar-refractivity contribution in [1.82, 2.24) is 10.2 Å². The highest BCUT2D eigenvalue weighted by molar-refractivity contribution is 5.89. The van der Waals surface area contributed by atoms with Gasteiger partial charge in [-0.25, -0.2) is 0 Å². The number of carbonyl (C=O) groups excluding carboxylic acids is 2. The third-order valence-corrected chi connectivity index (χ3v) is 4.62. The molecule has 1 aliphatic rings. The lowest BCUT2D eigenvalue weighted by atomic mass is 9.96. The number of hydrogen-bond acceptors (Lipinski definition) is 3. The van der Waals surface area contributed by atoms with Gasteiger partial charge >= 0.3 is 0 Å². The van der Waals surface area contributed by atoms with E-state index in [1.807, 2.05) is 72.8 Å². The lowest BCUT2D eigenvalue weighted by Crippen LogP contribution is -2.65. The van der Waals surface area contributed by atoms with Gasteiger partial charge in [0.2, 0.25) is 5.91 Å². The van der Waals surface area contributed by atoms with Crippen LogP contribution in [0.1, 0.15) is 11.1 Å². The molecule has 1 saturated heterocycles. The third kappa shape index (κ3) is 4.83. The van der Waals surface area contributed by atoms with Crippen molar-refractivity contribution in [1.29, 1.82) is 0 Å². The monoisotopic (exact) mass is 364 g/mol. The van der Waals surface area contributed by atoms with E-state index in [9.17, 15) is 9.59 Å². The number of carbonyl (C=O) groups is 2. The summed E-state index contributed by atoms with van der Waals surface area (Å²) in [5.41, 5.74) is 2.04. The van der Waals surface area contributed by atoms with Crippen LogP contribution >= 0.6 is 0 Å². The number of amides is 2. The van der Waals surface area contributed by atoms with Gasteiger partial charge in [-0.1, -0.05) is 72.8 Å². The summed E-state index contributed by atoms with van der Waals surface area (Å²) in [5, 5.41) is 2.88. The van der Waals surface area contributed by atoms with Crippen LogP contribution in [0, 0.1) is 0 Å². The lowest BCUT2D eigenvalue weighted by molar-refractivity contribution is -0.165. The second kappa shape index (κ2) is 9.14. The van der Waals surface area contributed by atoms with Crippen LogP contribution in [0.3, 0.4) is 0 Å². The summed E-state index contributed by atoms with van der Waals surface area (Å²) in [6, 6.07) is 19.4. The van der Waals surface area contributed by atoms with E-state index in [0.717, 1.165) is 11.1 Å². The highest BCUT2D eigenvalue weighted by atomic mass is 16.5. The molecule has 0 aliphatic carbocycles. The van der Waals surface area contributed by atoms with Crippen molar-refractivity contribution in [2.75, 3.05) is 20.2 Å². The number of likely N-dealkylation sites (tertiary alicyclic amines) is 1. The molecule has 0 bridgehead atoms. The van der Waals surface area contributed by atoms with Crippen molar-refractivity contribution in [3.63, 3.8) is 0 Å². The molecule has 1 N–H and O–H groups in total. The molecule has 2 aromatic carbocycles. The normalized spacial score (nSPS) is 19.1. The Hall–Kier alpha value is -2.92. The topological polar surface area (TPSA) is 58.6 Å². The number of methoxy groups -OCH3 is 1. The fourth-order valence-electron chi connectivity index (χ4n) is 3.18. The van der Waals surface area contributed by atoms with Gasteiger partial charge in [-0.15, -0.1) is 0 Å². The van der Waals surface area contributed by atoms with Gasteiger partial charge in [0, 0.05) is 20.2 Å². The molecule has 0 radical (unpaired) electrons. The Balaban J connectivity index is 1.51. The average Bonchev–Trinajstić information content (AvgIpc) is 2.70. The maximum absolute atomic E-state index is 12.2. The second-order valence-corrected chi connectivity index (χ2v) is 6.46. The molecule has 1 heterocycles. The zero-order valence-corrected chi connectivity index (χ0v) is 15.4. The molecule has 5 nitrogen and oxygen atoms in total. The number of rotatable bonds is 8. The number of benzene rings is 2. The number of β-lactam (4-membered cyclic amide) rings is 1. The van der Waals surface area contributed by atoms with Gasteiger partial charge < -0.3 is 15.0 Å². The van der Waals surface area contributed by atoms with Crippen LogP contribution in [0.25, 0.3) is 6.08 Å². The maximum Gasteiger partial charge on any atom is 0.254 e. The molecule has 0 aromatic heterocycles. The van der Waals surface area contributed by atoms with Gasteiger partial charge in [0.15, 0.2) is 6.10 Å². The molecule has 2 amide bonds. The Morgan fingerprint density at radius 1 is 1.11 bits per heavy atom. The molecular formula is C22H24N2O3. The summed E-state index contributed by atoms with van der Waals surface area (Å²) in [6.45, 7) is 0.881. The van der Waals surface area contributed by atoms with E-state index in [1.54, 1.807) is 12.0 Å². The fraction of sp³-hybridized carbons (Fsp3) is 0.273. The van der Waals surface area contributed by atoms with Crippen molar-refractivity contribution >= 4 is 17.9 Å². The zero-order valence-electron chi connectivity index (χ0n) is 15.4. The van der Waals surface area contributed by atoms with E-state index >= 15 is 0 Å². The van der Waals surface area contributed by atoms with E-state index in [-0.39, 0.29) is 17.9 Å². The Labute approximate surface area is 159 Å². The third-order valence-electron chi connectivity index (χ3n) is 4.62. The van der Waals surface area contributed by atoms with Crippen molar-refractivity contribution < 1.29 is 14.3 Å². The fourth-order valence-corrected chi connectivity index (χ4v) is 3.18. The molecule has 5 heteroatoms. The Morgan fingerprint density at radius 3 is 2.44 bits per heavy atom. The molecule has 1 fully saturated rings. The molecule has 2 aromatic rings. The van der Waals surface area contributed by atoms with Crippen LogP contribution in [0.4, 0.5) is 0 Å². The van der Waals surface area contributed by atoms with E-state index in [2.05, 4.69) is 5.32 Å². The predicted molar refractivity (Wildman–Crippen MR) is 105 cm³/mol. The van der Waals surface area contributed by atoms with Crippen LogP contribution < -0.4 is 5.32 Å². The highest BCUT2D eigenvalue weighted by Gasteiger charge is 2.45. The quantitative estimate of drug-likeness (QED) is 0.731. The molecular weight excluding hydrogens is 340 g/mol. The van der Waals surface area contributed by atoms with Crippen LogP contribution in [0.15, 0.2) is 66.7 Å². The maximum atomic E-state index is 12.2. The predicted octanol–water partition coefficient (Wildman–Crippen LogP) is 2.28. The van der Waals surface area contributed by atoms with Crippen LogP contribution in [-0.2, 0) is 20.7 Å². The zero-order chi connectivity index (χ0) is 19.1. The summed E-state index contributed by atoms with van der Waals surface area (Å²) in [6.07, 6.45) is 3.86. The van der Waals surface area contributed by atoms with Gasteiger partial charge in [0.1, 0.15) is 0 Å². The number of nitrogens with one attached hydrogen (secondary N) is 1. The lowest BCUT2D eigenvalue weighted by Gasteiger charge is -2.44. The van der Waals surface area contributed by atoms with Crippen LogP contribution in [-0.4, -0.2) is 49.1 Å². The van der Waals surface area contributed by atoms with Crippen LogP contribution in [0.2, 0.25) is 0 Å². The molecule has 27 heavy (non-hydrogen) atoms. The summed E-state index contributed by atoms with van der Waals surface area (Å²) < 4.78 is 5.31. The number of nitrogens with zero attached hydrogens (tertiary/aromatic N) is 1.